The van der Waals surface area contributed by atoms with Crippen LogP contribution in [0.1, 0.15) is 18.1 Å². The second-order valence-electron chi connectivity index (χ2n) is 3.08. The average Bonchev–Trinajstić information content (AvgIpc) is 2.14. The highest BCUT2D eigenvalue weighted by Crippen LogP contribution is 2.33. The molecule has 5 heteroatoms. The third kappa shape index (κ3) is 3.39. The summed E-state index contributed by atoms with van der Waals surface area (Å²) in [6, 6.07) is 3.81. The van der Waals surface area contributed by atoms with Crippen molar-refractivity contribution in [2.24, 2.45) is 0 Å². The van der Waals surface area contributed by atoms with Crippen LogP contribution in [0.25, 0.3) is 0 Å². The van der Waals surface area contributed by atoms with Gasteiger partial charge in [-0.3, -0.25) is 0 Å². The van der Waals surface area contributed by atoms with Gasteiger partial charge in [0.05, 0.1) is 5.56 Å². The molecule has 0 spiro atoms. The highest BCUT2D eigenvalue weighted by Gasteiger charge is 2.33. The zero-order chi connectivity index (χ0) is 11.5. The topological polar surface area (TPSA) is 12.0 Å². The van der Waals surface area contributed by atoms with E-state index in [1.54, 1.807) is 0 Å². The van der Waals surface area contributed by atoms with Crippen molar-refractivity contribution in [3.05, 3.63) is 34.3 Å². The van der Waals surface area contributed by atoms with E-state index in [4.69, 9.17) is 11.6 Å². The standard InChI is InChI=1S/C10H11ClF3N/c1-2-15-6-7-3-4-8(11)5-9(7)10(12,13)14/h3-5,15H,2,6H2,1H3. The van der Waals surface area contributed by atoms with E-state index >= 15 is 0 Å². The fraction of sp³-hybridized carbons (Fsp3) is 0.400. The van der Waals surface area contributed by atoms with Crippen molar-refractivity contribution in [2.45, 2.75) is 19.6 Å². The smallest absolute Gasteiger partial charge is 0.313 e. The lowest BCUT2D eigenvalue weighted by molar-refractivity contribution is -0.138. The van der Waals surface area contributed by atoms with Crippen molar-refractivity contribution in [1.82, 2.24) is 5.32 Å². The SMILES string of the molecule is CCNCc1ccc(Cl)cc1C(F)(F)F. The van der Waals surface area contributed by atoms with Crippen LogP contribution < -0.4 is 5.32 Å². The van der Waals surface area contributed by atoms with Crippen molar-refractivity contribution in [3.8, 4) is 0 Å². The van der Waals surface area contributed by atoms with Gasteiger partial charge in [-0.25, -0.2) is 0 Å². The van der Waals surface area contributed by atoms with E-state index in [1.807, 2.05) is 6.92 Å². The molecule has 0 aliphatic rings. The van der Waals surface area contributed by atoms with Crippen molar-refractivity contribution in [2.75, 3.05) is 6.54 Å². The summed E-state index contributed by atoms with van der Waals surface area (Å²) in [4.78, 5) is 0. The predicted octanol–water partition coefficient (Wildman–Crippen LogP) is 3.47. The lowest BCUT2D eigenvalue weighted by atomic mass is 10.1. The number of halogens is 4. The molecule has 1 N–H and O–H groups in total. The monoisotopic (exact) mass is 237 g/mol. The molecule has 0 saturated carbocycles. The van der Waals surface area contributed by atoms with E-state index in [-0.39, 0.29) is 17.1 Å². The maximum Gasteiger partial charge on any atom is 0.416 e. The summed E-state index contributed by atoms with van der Waals surface area (Å²) < 4.78 is 37.7. The van der Waals surface area contributed by atoms with Crippen molar-refractivity contribution in [3.63, 3.8) is 0 Å². The lowest BCUT2D eigenvalue weighted by Crippen LogP contribution is -2.17. The Morgan fingerprint density at radius 2 is 2.00 bits per heavy atom. The molecule has 0 atom stereocenters. The second-order valence-corrected chi connectivity index (χ2v) is 3.52. The molecular formula is C10H11ClF3N. The maximum absolute atomic E-state index is 12.6. The summed E-state index contributed by atoms with van der Waals surface area (Å²) >= 11 is 5.54. The number of alkyl halides is 3. The van der Waals surface area contributed by atoms with Crippen molar-refractivity contribution in [1.29, 1.82) is 0 Å². The van der Waals surface area contributed by atoms with Crippen LogP contribution in [0.15, 0.2) is 18.2 Å². The Morgan fingerprint density at radius 3 is 2.53 bits per heavy atom. The third-order valence-corrected chi connectivity index (χ3v) is 2.18. The molecule has 0 aromatic heterocycles. The van der Waals surface area contributed by atoms with Gasteiger partial charge in [0.2, 0.25) is 0 Å². The summed E-state index contributed by atoms with van der Waals surface area (Å²) in [5.41, 5.74) is -0.454. The Hall–Kier alpha value is -0.740. The van der Waals surface area contributed by atoms with Crippen LogP contribution in [-0.2, 0) is 12.7 Å². The number of rotatable bonds is 3. The summed E-state index contributed by atoms with van der Waals surface area (Å²) in [6.45, 7) is 2.66. The molecule has 1 aromatic carbocycles. The van der Waals surface area contributed by atoms with Crippen molar-refractivity contribution >= 4 is 11.6 Å². The highest BCUT2D eigenvalue weighted by molar-refractivity contribution is 6.30. The van der Waals surface area contributed by atoms with E-state index in [2.05, 4.69) is 5.32 Å². The molecule has 0 radical (unpaired) electrons. The molecule has 15 heavy (non-hydrogen) atoms. The van der Waals surface area contributed by atoms with Gasteiger partial charge < -0.3 is 5.32 Å². The van der Waals surface area contributed by atoms with E-state index in [0.29, 0.717) is 6.54 Å². The first-order valence-corrected chi connectivity index (χ1v) is 4.89. The Kier molecular flexibility index (Phi) is 3.99. The molecule has 0 unspecified atom stereocenters. The first kappa shape index (κ1) is 12.3. The van der Waals surface area contributed by atoms with Gasteiger partial charge in [-0.1, -0.05) is 24.6 Å². The number of hydrogen-bond acceptors (Lipinski definition) is 1. The van der Waals surface area contributed by atoms with Crippen LogP contribution >= 0.6 is 11.6 Å². The Bertz CT molecular complexity index is 336. The van der Waals surface area contributed by atoms with Crippen LogP contribution in [0.3, 0.4) is 0 Å². The predicted molar refractivity (Wildman–Crippen MR) is 53.8 cm³/mol. The van der Waals surface area contributed by atoms with Gasteiger partial charge in [0.25, 0.3) is 0 Å². The second kappa shape index (κ2) is 4.86. The molecule has 0 heterocycles. The van der Waals surface area contributed by atoms with E-state index in [0.717, 1.165) is 6.07 Å². The number of benzene rings is 1. The molecule has 0 fully saturated rings. The van der Waals surface area contributed by atoms with Gasteiger partial charge >= 0.3 is 6.18 Å². The molecule has 0 aliphatic heterocycles. The van der Waals surface area contributed by atoms with Gasteiger partial charge in [0.1, 0.15) is 0 Å². The van der Waals surface area contributed by atoms with Gasteiger partial charge in [0, 0.05) is 11.6 Å². The zero-order valence-electron chi connectivity index (χ0n) is 8.16. The van der Waals surface area contributed by atoms with Crippen molar-refractivity contribution < 1.29 is 13.2 Å². The number of nitrogens with one attached hydrogen (secondary N) is 1. The fourth-order valence-electron chi connectivity index (χ4n) is 1.23. The zero-order valence-corrected chi connectivity index (χ0v) is 8.91. The Balaban J connectivity index is 3.04. The summed E-state index contributed by atoms with van der Waals surface area (Å²) in [6.07, 6.45) is -4.35. The van der Waals surface area contributed by atoms with E-state index in [1.165, 1.54) is 12.1 Å². The Morgan fingerprint density at radius 1 is 1.33 bits per heavy atom. The molecular weight excluding hydrogens is 227 g/mol. The third-order valence-electron chi connectivity index (χ3n) is 1.94. The molecule has 84 valence electrons. The van der Waals surface area contributed by atoms with E-state index < -0.39 is 11.7 Å². The van der Waals surface area contributed by atoms with Gasteiger partial charge in [-0.2, -0.15) is 13.2 Å². The van der Waals surface area contributed by atoms with Gasteiger partial charge in [-0.05, 0) is 24.2 Å². The molecule has 0 aliphatic carbocycles. The summed E-state index contributed by atoms with van der Waals surface area (Å²) in [5.74, 6) is 0. The summed E-state index contributed by atoms with van der Waals surface area (Å²) in [7, 11) is 0. The van der Waals surface area contributed by atoms with Crippen LogP contribution in [-0.4, -0.2) is 6.54 Å². The normalized spacial score (nSPS) is 11.8. The first-order chi connectivity index (χ1) is 6.95. The average molecular weight is 238 g/mol. The fourth-order valence-corrected chi connectivity index (χ4v) is 1.40. The maximum atomic E-state index is 12.6. The van der Waals surface area contributed by atoms with Crippen LogP contribution in [0.5, 0.6) is 0 Å². The van der Waals surface area contributed by atoms with Gasteiger partial charge in [0.15, 0.2) is 0 Å². The van der Waals surface area contributed by atoms with E-state index in [9.17, 15) is 13.2 Å². The minimum Gasteiger partial charge on any atom is -0.313 e. The molecule has 1 rings (SSSR count). The van der Waals surface area contributed by atoms with Crippen LogP contribution in [0.2, 0.25) is 5.02 Å². The molecule has 0 bridgehead atoms. The minimum atomic E-state index is -4.35. The summed E-state index contributed by atoms with van der Waals surface area (Å²) in [5, 5.41) is 2.95. The molecule has 1 aromatic rings. The lowest BCUT2D eigenvalue weighted by Gasteiger charge is -2.13. The highest BCUT2D eigenvalue weighted by atomic mass is 35.5. The largest absolute Gasteiger partial charge is 0.416 e. The van der Waals surface area contributed by atoms with Gasteiger partial charge in [-0.15, -0.1) is 0 Å². The number of hydrogen-bond donors (Lipinski definition) is 1. The molecule has 0 saturated heterocycles. The quantitative estimate of drug-likeness (QED) is 0.849. The minimum absolute atomic E-state index is 0.0996. The molecule has 1 nitrogen and oxygen atoms in total. The Labute approximate surface area is 91.2 Å². The van der Waals surface area contributed by atoms with Crippen LogP contribution in [0, 0.1) is 0 Å². The first-order valence-electron chi connectivity index (χ1n) is 4.51. The molecule has 0 amide bonds. The van der Waals surface area contributed by atoms with Crippen LogP contribution in [0.4, 0.5) is 13.2 Å².